The summed E-state index contributed by atoms with van der Waals surface area (Å²) < 4.78 is 20.9. The van der Waals surface area contributed by atoms with Gasteiger partial charge in [-0.25, -0.2) is 0 Å². The van der Waals surface area contributed by atoms with Crippen molar-refractivity contribution in [2.24, 2.45) is 22.9 Å². The van der Waals surface area contributed by atoms with E-state index in [1.807, 2.05) is 61.4 Å². The fourth-order valence-corrected chi connectivity index (χ4v) is 9.67. The van der Waals surface area contributed by atoms with E-state index in [0.717, 1.165) is 47.4 Å². The van der Waals surface area contributed by atoms with Gasteiger partial charge in [-0.15, -0.1) is 18.3 Å². The quantitative estimate of drug-likeness (QED) is 0.0250. The normalized spacial score (nSPS) is 23.4. The maximum absolute atomic E-state index is 14.6. The molecule has 1 heterocycles. The lowest BCUT2D eigenvalue weighted by Crippen LogP contribution is -2.70. The van der Waals surface area contributed by atoms with E-state index in [0.29, 0.717) is 55.2 Å². The molecule has 3 aromatic carbocycles. The Labute approximate surface area is 363 Å². The number of nitrogens with zero attached hydrogens (tertiary/aromatic N) is 3. The molecule has 0 aromatic heterocycles. The number of carbonyl (C=O) groups excluding carboxylic acids is 1. The Hall–Kier alpha value is -4.95. The molecular weight excluding hydrogens is 795 g/mol. The monoisotopic (exact) mass is 853 g/mol. The van der Waals surface area contributed by atoms with Crippen molar-refractivity contribution in [1.82, 2.24) is 4.90 Å². The third-order valence-electron chi connectivity index (χ3n) is 11.9. The van der Waals surface area contributed by atoms with Crippen molar-refractivity contribution in [3.8, 4) is 17.2 Å². The van der Waals surface area contributed by atoms with Crippen LogP contribution in [0.15, 0.2) is 107 Å². The Morgan fingerprint density at radius 1 is 1.03 bits per heavy atom. The highest BCUT2D eigenvalue weighted by atomic mass is 32.2. The van der Waals surface area contributed by atoms with E-state index in [1.54, 1.807) is 36.0 Å². The smallest absolute Gasteiger partial charge is 0.269 e. The van der Waals surface area contributed by atoms with E-state index < -0.39 is 22.7 Å². The largest absolute Gasteiger partial charge is 0.459 e. The van der Waals surface area contributed by atoms with Gasteiger partial charge in [0.1, 0.15) is 29.9 Å². The first-order valence-electron chi connectivity index (χ1n) is 21.5. The zero-order valence-corrected chi connectivity index (χ0v) is 36.3. The number of ether oxygens (including phenoxy) is 3. The predicted octanol–water partition coefficient (Wildman–Crippen LogP) is 9.71. The summed E-state index contributed by atoms with van der Waals surface area (Å²) in [5.74, 6) is -0.142. The number of aliphatic hydroxyl groups is 2. The molecule has 12 nitrogen and oxygen atoms in total. The lowest BCUT2D eigenvalue weighted by atomic mass is 9.55. The Morgan fingerprint density at radius 3 is 2.41 bits per heavy atom. The number of allylic oxidation sites excluding steroid dienone is 1. The van der Waals surface area contributed by atoms with Crippen molar-refractivity contribution in [2.75, 3.05) is 39.2 Å². The topological polar surface area (TPSA) is 153 Å². The number of fused-ring (bicyclic) bond motifs is 2. The summed E-state index contributed by atoms with van der Waals surface area (Å²) in [6.45, 7) is 9.01. The minimum absolute atomic E-state index is 0.0323. The van der Waals surface area contributed by atoms with Crippen LogP contribution in [0.25, 0.3) is 6.08 Å². The lowest BCUT2D eigenvalue weighted by Gasteiger charge is -2.60. The van der Waals surface area contributed by atoms with Gasteiger partial charge in [-0.2, -0.15) is 0 Å². The molecular formula is C48H59N3O9S. The lowest BCUT2D eigenvalue weighted by molar-refractivity contribution is -0.384. The molecule has 61 heavy (non-hydrogen) atoms. The number of aliphatic hydroxyl groups excluding tert-OH is 2. The molecule has 3 aromatic rings. The van der Waals surface area contributed by atoms with Crippen LogP contribution in [0.4, 0.5) is 5.69 Å². The average Bonchev–Trinajstić information content (AvgIpc) is 3.27. The van der Waals surface area contributed by atoms with Gasteiger partial charge < -0.3 is 34.2 Å². The number of nitro groups is 1. The molecule has 6 atom stereocenters. The number of rotatable bonds is 22. The van der Waals surface area contributed by atoms with Crippen LogP contribution in [-0.2, 0) is 14.4 Å². The summed E-state index contributed by atoms with van der Waals surface area (Å²) in [6, 6.07) is 19.3. The van der Waals surface area contributed by atoms with Crippen LogP contribution in [0.5, 0.6) is 17.2 Å². The minimum atomic E-state index is -1.39. The summed E-state index contributed by atoms with van der Waals surface area (Å²) >= 11 is 1.67. The molecule has 0 saturated heterocycles. The number of amides is 1. The molecule has 6 rings (SSSR count). The maximum atomic E-state index is 14.6. The van der Waals surface area contributed by atoms with E-state index in [4.69, 9.17) is 24.2 Å². The van der Waals surface area contributed by atoms with Crippen LogP contribution in [-0.4, -0.2) is 82.7 Å². The van der Waals surface area contributed by atoms with Crippen molar-refractivity contribution >= 4 is 35.1 Å². The summed E-state index contributed by atoms with van der Waals surface area (Å²) in [7, 11) is 0. The first-order chi connectivity index (χ1) is 29.7. The van der Waals surface area contributed by atoms with Crippen LogP contribution in [0.3, 0.4) is 0 Å². The molecule has 2 aliphatic carbocycles. The third-order valence-corrected chi connectivity index (χ3v) is 12.6. The van der Waals surface area contributed by atoms with Gasteiger partial charge in [-0.05, 0) is 129 Å². The van der Waals surface area contributed by atoms with Crippen molar-refractivity contribution in [3.63, 3.8) is 0 Å². The van der Waals surface area contributed by atoms with Gasteiger partial charge in [-0.3, -0.25) is 14.9 Å². The van der Waals surface area contributed by atoms with Gasteiger partial charge in [0.05, 0.1) is 23.2 Å². The number of nitro benzene ring substituents is 1. The molecule has 3 aliphatic rings. The number of hydrogen-bond acceptors (Lipinski definition) is 11. The first kappa shape index (κ1) is 45.6. The van der Waals surface area contributed by atoms with Crippen molar-refractivity contribution in [3.05, 3.63) is 118 Å². The number of unbranched alkanes of at least 4 members (excludes halogenated alkanes) is 2. The molecule has 0 spiro atoms. The minimum Gasteiger partial charge on any atom is -0.459 e. The SMILES string of the molecule is C=CCO[C@@]12Oc3ccc(Oc4ccc(SC)cc4)cc3[C@H]3[C@H](CCCCO)[C@@H](CCCCO)C=C(C(=NOCC)C[C@@H]1N(CCC)C(=O)C=Cc1ccc([N+](=O)[O-])cc1)[C@H]32. The summed E-state index contributed by atoms with van der Waals surface area (Å²) in [5.41, 5.74) is 3.26. The second kappa shape index (κ2) is 21.7. The van der Waals surface area contributed by atoms with Crippen LogP contribution in [0.1, 0.15) is 82.3 Å². The second-order valence-corrected chi connectivity index (χ2v) is 16.6. The zero-order chi connectivity index (χ0) is 43.4. The van der Waals surface area contributed by atoms with Gasteiger partial charge in [0.2, 0.25) is 11.7 Å². The maximum Gasteiger partial charge on any atom is 0.269 e. The fraction of sp³-hybridized carbons (Fsp3) is 0.458. The highest BCUT2D eigenvalue weighted by molar-refractivity contribution is 7.98. The summed E-state index contributed by atoms with van der Waals surface area (Å²) in [5, 5.41) is 35.9. The van der Waals surface area contributed by atoms with Crippen molar-refractivity contribution < 1.29 is 39.0 Å². The molecule has 0 radical (unpaired) electrons. The fourth-order valence-electron chi connectivity index (χ4n) is 9.27. The van der Waals surface area contributed by atoms with Crippen LogP contribution in [0.2, 0.25) is 0 Å². The molecule has 1 amide bonds. The number of carbonyl (C=O) groups is 1. The Kier molecular flexibility index (Phi) is 16.2. The Morgan fingerprint density at radius 2 is 1.75 bits per heavy atom. The van der Waals surface area contributed by atoms with Crippen molar-refractivity contribution in [1.29, 1.82) is 0 Å². The average molecular weight is 854 g/mol. The van der Waals surface area contributed by atoms with E-state index in [-0.39, 0.29) is 55.6 Å². The molecule has 0 bridgehead atoms. The Balaban J connectivity index is 1.54. The highest BCUT2D eigenvalue weighted by Gasteiger charge is 2.65. The van der Waals surface area contributed by atoms with Crippen LogP contribution in [0, 0.1) is 27.9 Å². The number of benzene rings is 3. The molecule has 1 fully saturated rings. The number of non-ortho nitro benzene ring substituents is 1. The van der Waals surface area contributed by atoms with Gasteiger partial charge in [0, 0.05) is 60.8 Å². The molecule has 2 N–H and O–H groups in total. The molecule has 13 heteroatoms. The summed E-state index contributed by atoms with van der Waals surface area (Å²) in [4.78, 5) is 34.3. The number of thioether (sulfide) groups is 1. The molecule has 1 saturated carbocycles. The van der Waals surface area contributed by atoms with Gasteiger partial charge in [0.25, 0.3) is 5.69 Å². The van der Waals surface area contributed by atoms with Gasteiger partial charge in [0.15, 0.2) is 0 Å². The van der Waals surface area contributed by atoms with Crippen LogP contribution >= 0.6 is 11.8 Å². The number of hydrogen-bond donors (Lipinski definition) is 2. The van der Waals surface area contributed by atoms with Crippen molar-refractivity contribution in [2.45, 2.75) is 87.9 Å². The molecule has 1 aliphatic heterocycles. The van der Waals surface area contributed by atoms with Gasteiger partial charge >= 0.3 is 0 Å². The Bertz CT molecular complexity index is 2050. The van der Waals surface area contributed by atoms with E-state index in [2.05, 4.69) is 18.7 Å². The standard InChI is InChI=1S/C48H59N3O9S/c1-5-26-50(45(54)25-16-33-14-17-35(18-15-33)51(55)56)44-32-42(49-58-7-3)40-30-34(12-8-10-27-52)39(13-9-11-28-53)46-41-31-37(59-36-19-22-38(61-4)23-20-36)21-24-43(41)60-48(44,47(40)46)57-29-6-2/h6,14-25,30-31,34,39,44,46-47,52-53H,2,5,7-13,26-29,32H2,1,3-4H3/t34-,39+,44-,46+,47+,48+/m0/s1. The molecule has 0 unspecified atom stereocenters. The zero-order valence-electron chi connectivity index (χ0n) is 35.4. The predicted molar refractivity (Wildman–Crippen MR) is 239 cm³/mol. The number of oxime groups is 1. The summed E-state index contributed by atoms with van der Waals surface area (Å²) in [6.07, 6.45) is 14.8. The van der Waals surface area contributed by atoms with E-state index in [1.165, 1.54) is 18.2 Å². The third kappa shape index (κ3) is 10.4. The van der Waals surface area contributed by atoms with E-state index in [9.17, 15) is 25.1 Å². The second-order valence-electron chi connectivity index (χ2n) is 15.7. The molecule has 326 valence electrons. The first-order valence-corrected chi connectivity index (χ1v) is 22.7. The van der Waals surface area contributed by atoms with E-state index >= 15 is 0 Å². The van der Waals surface area contributed by atoms with Gasteiger partial charge in [-0.1, -0.05) is 37.1 Å². The van der Waals surface area contributed by atoms with Crippen LogP contribution < -0.4 is 9.47 Å². The highest BCUT2D eigenvalue weighted by Crippen LogP contribution is 2.62.